The molecule has 0 fully saturated rings. The number of benzene rings is 1. The van der Waals surface area contributed by atoms with E-state index in [1.165, 1.54) is 0 Å². The van der Waals surface area contributed by atoms with Crippen molar-refractivity contribution in [3.05, 3.63) is 53.5 Å². The Morgan fingerprint density at radius 1 is 1.25 bits per heavy atom. The van der Waals surface area contributed by atoms with Gasteiger partial charge in [-0.05, 0) is 32.0 Å². The number of anilines is 1. The SMILES string of the molecule is Cc1noc(C)c1CNc1cccc(-c2ccn[nH]2)c1. The molecule has 0 saturated carbocycles. The summed E-state index contributed by atoms with van der Waals surface area (Å²) in [5.74, 6) is 0.861. The van der Waals surface area contributed by atoms with Crippen molar-refractivity contribution in [2.75, 3.05) is 5.32 Å². The van der Waals surface area contributed by atoms with E-state index in [9.17, 15) is 0 Å². The van der Waals surface area contributed by atoms with Gasteiger partial charge in [0.1, 0.15) is 5.76 Å². The summed E-state index contributed by atoms with van der Waals surface area (Å²) in [6.07, 6.45) is 1.75. The van der Waals surface area contributed by atoms with Crippen molar-refractivity contribution in [3.63, 3.8) is 0 Å². The van der Waals surface area contributed by atoms with E-state index in [0.717, 1.165) is 34.0 Å². The van der Waals surface area contributed by atoms with E-state index in [4.69, 9.17) is 4.52 Å². The maximum absolute atomic E-state index is 5.16. The van der Waals surface area contributed by atoms with Gasteiger partial charge in [0.2, 0.25) is 0 Å². The van der Waals surface area contributed by atoms with E-state index >= 15 is 0 Å². The van der Waals surface area contributed by atoms with Crippen LogP contribution in [0.2, 0.25) is 0 Å². The largest absolute Gasteiger partial charge is 0.381 e. The molecule has 0 saturated heterocycles. The van der Waals surface area contributed by atoms with Crippen molar-refractivity contribution in [3.8, 4) is 11.3 Å². The molecule has 0 radical (unpaired) electrons. The van der Waals surface area contributed by atoms with Crippen LogP contribution in [-0.4, -0.2) is 15.4 Å². The Morgan fingerprint density at radius 2 is 2.15 bits per heavy atom. The molecule has 20 heavy (non-hydrogen) atoms. The second-order valence-corrected chi connectivity index (χ2v) is 4.71. The molecule has 0 aliphatic heterocycles. The fraction of sp³-hybridized carbons (Fsp3) is 0.200. The van der Waals surface area contributed by atoms with Crippen molar-refractivity contribution in [1.82, 2.24) is 15.4 Å². The lowest BCUT2D eigenvalue weighted by Gasteiger charge is -2.07. The van der Waals surface area contributed by atoms with Gasteiger partial charge in [-0.3, -0.25) is 5.10 Å². The summed E-state index contributed by atoms with van der Waals surface area (Å²) in [6, 6.07) is 10.2. The number of nitrogens with zero attached hydrogens (tertiary/aromatic N) is 2. The first-order valence-corrected chi connectivity index (χ1v) is 6.49. The molecule has 0 spiro atoms. The van der Waals surface area contributed by atoms with Crippen molar-refractivity contribution >= 4 is 5.69 Å². The van der Waals surface area contributed by atoms with Gasteiger partial charge in [0, 0.05) is 29.6 Å². The van der Waals surface area contributed by atoms with Crippen molar-refractivity contribution in [2.45, 2.75) is 20.4 Å². The summed E-state index contributed by atoms with van der Waals surface area (Å²) in [4.78, 5) is 0. The van der Waals surface area contributed by atoms with E-state index in [-0.39, 0.29) is 0 Å². The first kappa shape index (κ1) is 12.5. The summed E-state index contributed by atoms with van der Waals surface area (Å²) in [5, 5.41) is 14.3. The molecule has 0 bridgehead atoms. The van der Waals surface area contributed by atoms with Crippen LogP contribution in [0.25, 0.3) is 11.3 Å². The first-order valence-electron chi connectivity index (χ1n) is 6.49. The molecule has 102 valence electrons. The van der Waals surface area contributed by atoms with E-state index in [0.29, 0.717) is 6.54 Å². The first-order chi connectivity index (χ1) is 9.74. The predicted molar refractivity (Wildman–Crippen MR) is 77.3 cm³/mol. The van der Waals surface area contributed by atoms with Gasteiger partial charge in [-0.25, -0.2) is 0 Å². The molecule has 0 aliphatic rings. The number of nitrogens with one attached hydrogen (secondary N) is 2. The summed E-state index contributed by atoms with van der Waals surface area (Å²) in [7, 11) is 0. The zero-order chi connectivity index (χ0) is 13.9. The van der Waals surface area contributed by atoms with Gasteiger partial charge >= 0.3 is 0 Å². The third-order valence-corrected chi connectivity index (χ3v) is 3.32. The van der Waals surface area contributed by atoms with Gasteiger partial charge in [0.15, 0.2) is 0 Å². The number of hydrogen-bond acceptors (Lipinski definition) is 4. The fourth-order valence-electron chi connectivity index (χ4n) is 2.16. The molecule has 2 N–H and O–H groups in total. The van der Waals surface area contributed by atoms with Crippen LogP contribution in [-0.2, 0) is 6.54 Å². The standard InChI is InChI=1S/C15H16N4O/c1-10-14(11(2)20-19-10)9-16-13-5-3-4-12(8-13)15-6-7-17-18-15/h3-8,16H,9H2,1-2H3,(H,17,18). The molecular formula is C15H16N4O. The number of H-pyrrole nitrogens is 1. The summed E-state index contributed by atoms with van der Waals surface area (Å²) >= 11 is 0. The molecule has 0 aliphatic carbocycles. The molecule has 0 unspecified atom stereocenters. The highest BCUT2D eigenvalue weighted by atomic mass is 16.5. The molecular weight excluding hydrogens is 252 g/mol. The highest BCUT2D eigenvalue weighted by molar-refractivity contribution is 5.64. The van der Waals surface area contributed by atoms with E-state index in [1.54, 1.807) is 6.20 Å². The molecule has 3 rings (SSSR count). The number of rotatable bonds is 4. The lowest BCUT2D eigenvalue weighted by Crippen LogP contribution is -2.01. The Morgan fingerprint density at radius 3 is 2.85 bits per heavy atom. The van der Waals surface area contributed by atoms with Gasteiger partial charge in [0.25, 0.3) is 0 Å². The van der Waals surface area contributed by atoms with E-state index < -0.39 is 0 Å². The Labute approximate surface area is 117 Å². The summed E-state index contributed by atoms with van der Waals surface area (Å²) in [6.45, 7) is 4.58. The van der Waals surface area contributed by atoms with Gasteiger partial charge in [0.05, 0.1) is 11.4 Å². The number of aromatic nitrogens is 3. The van der Waals surface area contributed by atoms with Gasteiger partial charge in [-0.15, -0.1) is 0 Å². The Kier molecular flexibility index (Phi) is 3.25. The van der Waals surface area contributed by atoms with Crippen LogP contribution in [0.15, 0.2) is 41.1 Å². The van der Waals surface area contributed by atoms with Crippen molar-refractivity contribution in [1.29, 1.82) is 0 Å². The third-order valence-electron chi connectivity index (χ3n) is 3.32. The molecule has 5 heteroatoms. The van der Waals surface area contributed by atoms with Crippen LogP contribution in [0, 0.1) is 13.8 Å². The fourth-order valence-corrected chi connectivity index (χ4v) is 2.16. The highest BCUT2D eigenvalue weighted by Crippen LogP contribution is 2.21. The zero-order valence-electron chi connectivity index (χ0n) is 11.5. The van der Waals surface area contributed by atoms with Crippen molar-refractivity contribution < 1.29 is 4.52 Å². The van der Waals surface area contributed by atoms with Crippen LogP contribution < -0.4 is 5.32 Å². The number of aromatic amines is 1. The second-order valence-electron chi connectivity index (χ2n) is 4.71. The van der Waals surface area contributed by atoms with Crippen LogP contribution >= 0.6 is 0 Å². The third kappa shape index (κ3) is 2.42. The maximum atomic E-state index is 5.16. The van der Waals surface area contributed by atoms with Gasteiger partial charge in [-0.2, -0.15) is 5.10 Å². The molecule has 2 aromatic heterocycles. The van der Waals surface area contributed by atoms with E-state index in [2.05, 4.69) is 32.8 Å². The van der Waals surface area contributed by atoms with Crippen LogP contribution in [0.4, 0.5) is 5.69 Å². The predicted octanol–water partition coefficient (Wildman–Crippen LogP) is 3.29. The average molecular weight is 268 g/mol. The normalized spacial score (nSPS) is 10.7. The minimum absolute atomic E-state index is 0.702. The lowest BCUT2D eigenvalue weighted by molar-refractivity contribution is 0.392. The van der Waals surface area contributed by atoms with Gasteiger partial charge in [-0.1, -0.05) is 17.3 Å². The molecule has 3 aromatic rings. The van der Waals surface area contributed by atoms with E-state index in [1.807, 2.05) is 32.0 Å². The monoisotopic (exact) mass is 268 g/mol. The molecule has 0 amide bonds. The number of aryl methyl sites for hydroxylation is 2. The molecule has 5 nitrogen and oxygen atoms in total. The van der Waals surface area contributed by atoms with Crippen LogP contribution in [0.5, 0.6) is 0 Å². The Balaban J connectivity index is 1.77. The zero-order valence-corrected chi connectivity index (χ0v) is 11.5. The molecule has 1 aromatic carbocycles. The lowest BCUT2D eigenvalue weighted by atomic mass is 10.1. The highest BCUT2D eigenvalue weighted by Gasteiger charge is 2.08. The molecule has 2 heterocycles. The maximum Gasteiger partial charge on any atom is 0.138 e. The smallest absolute Gasteiger partial charge is 0.138 e. The van der Waals surface area contributed by atoms with Crippen molar-refractivity contribution in [2.24, 2.45) is 0 Å². The Bertz CT molecular complexity index is 681. The minimum Gasteiger partial charge on any atom is -0.381 e. The molecule has 0 atom stereocenters. The average Bonchev–Trinajstić information content (AvgIpc) is 3.09. The summed E-state index contributed by atoms with van der Waals surface area (Å²) < 4.78 is 5.16. The Hall–Kier alpha value is -2.56. The van der Waals surface area contributed by atoms with Crippen LogP contribution in [0.3, 0.4) is 0 Å². The summed E-state index contributed by atoms with van der Waals surface area (Å²) in [5.41, 5.74) is 5.20. The van der Waals surface area contributed by atoms with Gasteiger partial charge < -0.3 is 9.84 Å². The number of hydrogen-bond donors (Lipinski definition) is 2. The minimum atomic E-state index is 0.702. The quantitative estimate of drug-likeness (QED) is 0.762. The second kappa shape index (κ2) is 5.21. The van der Waals surface area contributed by atoms with Crippen LogP contribution in [0.1, 0.15) is 17.0 Å². The topological polar surface area (TPSA) is 66.7 Å².